The number of hydrogen-bond acceptors (Lipinski definition) is 3. The third-order valence-electron chi connectivity index (χ3n) is 3.76. The predicted octanol–water partition coefficient (Wildman–Crippen LogP) is 2.35. The van der Waals surface area contributed by atoms with Gasteiger partial charge in [-0.1, -0.05) is 0 Å². The summed E-state index contributed by atoms with van der Waals surface area (Å²) in [4.78, 5) is 4.37. The van der Waals surface area contributed by atoms with Crippen molar-refractivity contribution in [2.75, 3.05) is 0 Å². The van der Waals surface area contributed by atoms with Crippen molar-refractivity contribution in [2.45, 2.75) is 39.3 Å². The van der Waals surface area contributed by atoms with E-state index in [9.17, 15) is 0 Å². The minimum Gasteiger partial charge on any atom is -0.310 e. The quantitative estimate of drug-likeness (QED) is 0.913. The lowest BCUT2D eigenvalue weighted by molar-refractivity contribution is 0.686. The standard InChI is InChI=1S/C15H20N4/c1-10-15(11(2)19(3)18-10)13-6-12(7-16-9-13)8-17-14-4-5-14/h6-7,9,14,17H,4-5,8H2,1-3H3. The highest BCUT2D eigenvalue weighted by atomic mass is 15.3. The largest absolute Gasteiger partial charge is 0.310 e. The molecule has 0 bridgehead atoms. The van der Waals surface area contributed by atoms with Crippen molar-refractivity contribution in [1.82, 2.24) is 20.1 Å². The molecule has 2 heterocycles. The van der Waals surface area contributed by atoms with Gasteiger partial charge < -0.3 is 5.32 Å². The summed E-state index contributed by atoms with van der Waals surface area (Å²) in [5, 5.41) is 8.00. The van der Waals surface area contributed by atoms with Gasteiger partial charge in [0, 0.05) is 48.8 Å². The van der Waals surface area contributed by atoms with Crippen LogP contribution in [0.5, 0.6) is 0 Å². The van der Waals surface area contributed by atoms with Crippen molar-refractivity contribution >= 4 is 0 Å². The van der Waals surface area contributed by atoms with E-state index in [1.165, 1.54) is 29.7 Å². The van der Waals surface area contributed by atoms with E-state index in [4.69, 9.17) is 0 Å². The van der Waals surface area contributed by atoms with Crippen molar-refractivity contribution in [3.63, 3.8) is 0 Å². The summed E-state index contributed by atoms with van der Waals surface area (Å²) < 4.78 is 1.93. The summed E-state index contributed by atoms with van der Waals surface area (Å²) >= 11 is 0. The van der Waals surface area contributed by atoms with Crippen molar-refractivity contribution in [3.05, 3.63) is 35.4 Å². The molecule has 0 aromatic carbocycles. The summed E-state index contributed by atoms with van der Waals surface area (Å²) in [5.74, 6) is 0. The first kappa shape index (κ1) is 12.4. The van der Waals surface area contributed by atoms with Crippen molar-refractivity contribution in [1.29, 1.82) is 0 Å². The van der Waals surface area contributed by atoms with Crippen LogP contribution in [0, 0.1) is 13.8 Å². The van der Waals surface area contributed by atoms with E-state index in [-0.39, 0.29) is 0 Å². The number of hydrogen-bond donors (Lipinski definition) is 1. The van der Waals surface area contributed by atoms with E-state index in [1.807, 2.05) is 24.1 Å². The average molecular weight is 256 g/mol. The van der Waals surface area contributed by atoms with Crippen molar-refractivity contribution < 1.29 is 0 Å². The van der Waals surface area contributed by atoms with Crippen LogP contribution < -0.4 is 5.32 Å². The first-order chi connectivity index (χ1) is 9.15. The molecule has 0 amide bonds. The molecule has 0 aliphatic heterocycles. The van der Waals surface area contributed by atoms with Gasteiger partial charge in [-0.2, -0.15) is 5.10 Å². The summed E-state index contributed by atoms with van der Waals surface area (Å²) in [6.45, 7) is 5.06. The van der Waals surface area contributed by atoms with E-state index >= 15 is 0 Å². The van der Waals surface area contributed by atoms with Gasteiger partial charge >= 0.3 is 0 Å². The molecule has 19 heavy (non-hydrogen) atoms. The smallest absolute Gasteiger partial charge is 0.0675 e. The van der Waals surface area contributed by atoms with E-state index in [2.05, 4.69) is 35.3 Å². The van der Waals surface area contributed by atoms with Crippen LogP contribution in [0.15, 0.2) is 18.5 Å². The molecule has 1 aliphatic rings. The fourth-order valence-corrected chi connectivity index (χ4v) is 2.46. The molecule has 2 aromatic rings. The Hall–Kier alpha value is -1.68. The lowest BCUT2D eigenvalue weighted by Crippen LogP contribution is -2.15. The van der Waals surface area contributed by atoms with E-state index in [0.717, 1.165) is 23.8 Å². The van der Waals surface area contributed by atoms with Crippen LogP contribution in [-0.2, 0) is 13.6 Å². The Morgan fingerprint density at radius 1 is 1.32 bits per heavy atom. The second-order valence-electron chi connectivity index (χ2n) is 5.41. The minimum atomic E-state index is 0.727. The zero-order chi connectivity index (χ0) is 13.4. The van der Waals surface area contributed by atoms with Gasteiger partial charge in [0.2, 0.25) is 0 Å². The Morgan fingerprint density at radius 3 is 2.74 bits per heavy atom. The Labute approximate surface area is 113 Å². The Bertz CT molecular complexity index is 596. The maximum absolute atomic E-state index is 4.47. The fourth-order valence-electron chi connectivity index (χ4n) is 2.46. The highest BCUT2D eigenvalue weighted by Crippen LogP contribution is 2.26. The van der Waals surface area contributed by atoms with Crippen LogP contribution in [0.3, 0.4) is 0 Å². The highest BCUT2D eigenvalue weighted by molar-refractivity contribution is 5.68. The number of aromatic nitrogens is 3. The van der Waals surface area contributed by atoms with Gasteiger partial charge in [0.05, 0.1) is 5.69 Å². The van der Waals surface area contributed by atoms with Crippen LogP contribution in [-0.4, -0.2) is 20.8 Å². The number of rotatable bonds is 4. The predicted molar refractivity (Wildman–Crippen MR) is 75.8 cm³/mol. The molecule has 0 spiro atoms. The molecule has 0 saturated heterocycles. The molecule has 0 unspecified atom stereocenters. The lowest BCUT2D eigenvalue weighted by atomic mass is 10.0. The van der Waals surface area contributed by atoms with Crippen LogP contribution in [0.2, 0.25) is 0 Å². The topological polar surface area (TPSA) is 42.7 Å². The Kier molecular flexibility index (Phi) is 3.11. The molecule has 1 aliphatic carbocycles. The van der Waals surface area contributed by atoms with Gasteiger partial charge in [0.15, 0.2) is 0 Å². The fraction of sp³-hybridized carbons (Fsp3) is 0.467. The molecule has 2 aromatic heterocycles. The monoisotopic (exact) mass is 256 g/mol. The van der Waals surface area contributed by atoms with Crippen LogP contribution in [0.1, 0.15) is 29.8 Å². The van der Waals surface area contributed by atoms with E-state index in [1.54, 1.807) is 0 Å². The minimum absolute atomic E-state index is 0.727. The molecule has 1 fully saturated rings. The van der Waals surface area contributed by atoms with Gasteiger partial charge in [-0.15, -0.1) is 0 Å². The second-order valence-corrected chi connectivity index (χ2v) is 5.41. The highest BCUT2D eigenvalue weighted by Gasteiger charge is 2.20. The third-order valence-corrected chi connectivity index (χ3v) is 3.76. The van der Waals surface area contributed by atoms with Crippen LogP contribution in [0.4, 0.5) is 0 Å². The molecular weight excluding hydrogens is 236 g/mol. The maximum atomic E-state index is 4.47. The second kappa shape index (κ2) is 4.78. The van der Waals surface area contributed by atoms with Gasteiger partial charge in [-0.3, -0.25) is 9.67 Å². The van der Waals surface area contributed by atoms with Crippen molar-refractivity contribution in [3.8, 4) is 11.1 Å². The van der Waals surface area contributed by atoms with Gasteiger partial charge in [-0.25, -0.2) is 0 Å². The molecule has 0 atom stereocenters. The summed E-state index contributed by atoms with van der Waals surface area (Å²) in [5.41, 5.74) is 5.87. The van der Waals surface area contributed by atoms with Gasteiger partial charge in [0.25, 0.3) is 0 Å². The average Bonchev–Trinajstić information content (AvgIpc) is 3.17. The molecule has 1 N–H and O–H groups in total. The third kappa shape index (κ3) is 2.54. The first-order valence-corrected chi connectivity index (χ1v) is 6.83. The first-order valence-electron chi connectivity index (χ1n) is 6.83. The number of nitrogens with zero attached hydrogens (tertiary/aromatic N) is 3. The zero-order valence-corrected chi connectivity index (χ0v) is 11.8. The number of nitrogens with one attached hydrogen (secondary N) is 1. The summed E-state index contributed by atoms with van der Waals surface area (Å²) in [6, 6.07) is 2.95. The van der Waals surface area contributed by atoms with E-state index < -0.39 is 0 Å². The molecule has 100 valence electrons. The summed E-state index contributed by atoms with van der Waals surface area (Å²) in [6.07, 6.45) is 6.50. The maximum Gasteiger partial charge on any atom is 0.0675 e. The lowest BCUT2D eigenvalue weighted by Gasteiger charge is -2.06. The Morgan fingerprint density at radius 2 is 2.11 bits per heavy atom. The normalized spacial score (nSPS) is 14.9. The molecule has 1 saturated carbocycles. The van der Waals surface area contributed by atoms with E-state index in [0.29, 0.717) is 0 Å². The molecule has 4 nitrogen and oxygen atoms in total. The van der Waals surface area contributed by atoms with Crippen LogP contribution in [0.25, 0.3) is 11.1 Å². The van der Waals surface area contributed by atoms with Crippen LogP contribution >= 0.6 is 0 Å². The number of aryl methyl sites for hydroxylation is 2. The van der Waals surface area contributed by atoms with Gasteiger partial charge in [0.1, 0.15) is 0 Å². The molecule has 4 heteroatoms. The number of pyridine rings is 1. The Balaban J connectivity index is 1.88. The SMILES string of the molecule is Cc1nn(C)c(C)c1-c1cncc(CNC2CC2)c1. The zero-order valence-electron chi connectivity index (χ0n) is 11.8. The molecule has 0 radical (unpaired) electrons. The van der Waals surface area contributed by atoms with Crippen molar-refractivity contribution in [2.24, 2.45) is 7.05 Å². The summed E-state index contributed by atoms with van der Waals surface area (Å²) in [7, 11) is 1.98. The van der Waals surface area contributed by atoms with Gasteiger partial charge in [-0.05, 0) is 38.3 Å². The molecular formula is C15H20N4. The molecule has 3 rings (SSSR count).